The van der Waals surface area contributed by atoms with E-state index >= 15 is 0 Å². The standard InChI is InChI=1S/C16H24N2O4S/c1-17(13-8-4-5-9-13)16(19)12-18(23(3,20)21)14-10-6-7-11-15(14)22-2/h6-7,10-11,13H,4-5,8-9,12H2,1-3H3. The SMILES string of the molecule is COc1ccccc1N(CC(=O)N(C)C1CCCC1)S(C)(=O)=O. The molecule has 1 aromatic rings. The van der Waals surface area contributed by atoms with Crippen LogP contribution in [0, 0.1) is 0 Å². The lowest BCUT2D eigenvalue weighted by molar-refractivity contribution is -0.130. The van der Waals surface area contributed by atoms with Crippen LogP contribution >= 0.6 is 0 Å². The molecule has 1 aromatic carbocycles. The number of carbonyl (C=O) groups is 1. The summed E-state index contributed by atoms with van der Waals surface area (Å²) in [5.41, 5.74) is 0.380. The molecule has 0 saturated heterocycles. The largest absolute Gasteiger partial charge is 0.495 e. The van der Waals surface area contributed by atoms with E-state index < -0.39 is 10.0 Å². The number of amides is 1. The first-order valence-corrected chi connectivity index (χ1v) is 9.56. The monoisotopic (exact) mass is 340 g/mol. The molecule has 2 rings (SSSR count). The fourth-order valence-corrected chi connectivity index (χ4v) is 3.80. The minimum atomic E-state index is -3.60. The number of ether oxygens (including phenoxy) is 1. The first-order chi connectivity index (χ1) is 10.8. The van der Waals surface area contributed by atoms with Crippen LogP contribution in [-0.4, -0.2) is 52.2 Å². The molecule has 0 aliphatic heterocycles. The zero-order valence-electron chi connectivity index (χ0n) is 13.9. The van der Waals surface area contributed by atoms with E-state index in [-0.39, 0.29) is 18.5 Å². The molecule has 0 radical (unpaired) electrons. The van der Waals surface area contributed by atoms with E-state index in [0.29, 0.717) is 11.4 Å². The summed E-state index contributed by atoms with van der Waals surface area (Å²) in [6.07, 6.45) is 5.29. The molecule has 0 spiro atoms. The van der Waals surface area contributed by atoms with Crippen LogP contribution in [0.3, 0.4) is 0 Å². The van der Waals surface area contributed by atoms with Gasteiger partial charge in [-0.1, -0.05) is 25.0 Å². The Morgan fingerprint density at radius 3 is 2.43 bits per heavy atom. The van der Waals surface area contributed by atoms with Gasteiger partial charge in [-0.25, -0.2) is 8.42 Å². The summed E-state index contributed by atoms with van der Waals surface area (Å²) in [6.45, 7) is -0.216. The second-order valence-electron chi connectivity index (χ2n) is 5.88. The lowest BCUT2D eigenvalue weighted by Gasteiger charge is -2.29. The number of likely N-dealkylation sites (N-methyl/N-ethyl adjacent to an activating group) is 1. The summed E-state index contributed by atoms with van der Waals surface area (Å²) in [5, 5.41) is 0. The number of benzene rings is 1. The number of methoxy groups -OCH3 is 1. The van der Waals surface area contributed by atoms with Gasteiger partial charge in [0.05, 0.1) is 19.1 Å². The van der Waals surface area contributed by atoms with E-state index in [1.807, 2.05) is 0 Å². The van der Waals surface area contributed by atoms with Crippen LogP contribution in [0.1, 0.15) is 25.7 Å². The topological polar surface area (TPSA) is 66.9 Å². The third-order valence-electron chi connectivity index (χ3n) is 4.30. The van der Waals surface area contributed by atoms with Crippen molar-refractivity contribution in [2.24, 2.45) is 0 Å². The number of nitrogens with zero attached hydrogens (tertiary/aromatic N) is 2. The number of para-hydroxylation sites is 2. The Labute approximate surface area is 138 Å². The van der Waals surface area contributed by atoms with Gasteiger partial charge in [-0.3, -0.25) is 9.10 Å². The van der Waals surface area contributed by atoms with Crippen molar-refractivity contribution in [2.45, 2.75) is 31.7 Å². The molecular weight excluding hydrogens is 316 g/mol. The number of rotatable bonds is 6. The molecule has 0 bridgehead atoms. The van der Waals surface area contributed by atoms with E-state index in [4.69, 9.17) is 4.74 Å². The summed E-state index contributed by atoms with van der Waals surface area (Å²) < 4.78 is 30.7. The average molecular weight is 340 g/mol. The van der Waals surface area contributed by atoms with Gasteiger partial charge in [-0.05, 0) is 25.0 Å². The normalized spacial score (nSPS) is 15.4. The molecule has 1 saturated carbocycles. The van der Waals surface area contributed by atoms with Gasteiger partial charge in [-0.15, -0.1) is 0 Å². The molecule has 0 heterocycles. The van der Waals surface area contributed by atoms with Crippen molar-refractivity contribution < 1.29 is 17.9 Å². The third kappa shape index (κ3) is 4.16. The van der Waals surface area contributed by atoms with Crippen LogP contribution in [0.4, 0.5) is 5.69 Å². The van der Waals surface area contributed by atoms with Gasteiger partial charge in [0.15, 0.2) is 0 Å². The number of hydrogen-bond acceptors (Lipinski definition) is 4. The van der Waals surface area contributed by atoms with E-state index in [1.54, 1.807) is 36.2 Å². The molecule has 0 N–H and O–H groups in total. The van der Waals surface area contributed by atoms with E-state index in [2.05, 4.69) is 0 Å². The number of carbonyl (C=O) groups excluding carboxylic acids is 1. The highest BCUT2D eigenvalue weighted by Crippen LogP contribution is 2.30. The van der Waals surface area contributed by atoms with Crippen molar-refractivity contribution in [3.8, 4) is 5.75 Å². The fourth-order valence-electron chi connectivity index (χ4n) is 2.95. The first kappa shape index (κ1) is 17.6. The summed E-state index contributed by atoms with van der Waals surface area (Å²) in [7, 11) is -0.368. The molecule has 6 nitrogen and oxygen atoms in total. The van der Waals surface area contributed by atoms with Crippen LogP contribution in [0.2, 0.25) is 0 Å². The van der Waals surface area contributed by atoms with Gasteiger partial charge >= 0.3 is 0 Å². The highest BCUT2D eigenvalue weighted by Gasteiger charge is 2.28. The van der Waals surface area contributed by atoms with Crippen LogP contribution in [0.15, 0.2) is 24.3 Å². The van der Waals surface area contributed by atoms with Crippen LogP contribution in [-0.2, 0) is 14.8 Å². The second kappa shape index (κ2) is 7.21. The van der Waals surface area contributed by atoms with Crippen molar-refractivity contribution >= 4 is 21.6 Å². The zero-order valence-corrected chi connectivity index (χ0v) is 14.7. The fraction of sp³-hybridized carbons (Fsp3) is 0.562. The van der Waals surface area contributed by atoms with Gasteiger partial charge < -0.3 is 9.64 Å². The maximum Gasteiger partial charge on any atom is 0.243 e. The van der Waals surface area contributed by atoms with Gasteiger partial charge in [0.2, 0.25) is 15.9 Å². The Balaban J connectivity index is 2.24. The molecular formula is C16H24N2O4S. The molecule has 1 aliphatic carbocycles. The van der Waals surface area contributed by atoms with Crippen LogP contribution in [0.25, 0.3) is 0 Å². The summed E-state index contributed by atoms with van der Waals surface area (Å²) in [5.74, 6) is 0.225. The minimum absolute atomic E-state index is 0.201. The number of sulfonamides is 1. The predicted molar refractivity (Wildman–Crippen MR) is 90.2 cm³/mol. The lowest BCUT2D eigenvalue weighted by atomic mass is 10.2. The van der Waals surface area contributed by atoms with Crippen molar-refractivity contribution in [1.82, 2.24) is 4.90 Å². The molecule has 1 amide bonds. The van der Waals surface area contributed by atoms with Crippen molar-refractivity contribution in [1.29, 1.82) is 0 Å². The number of anilines is 1. The molecule has 0 aromatic heterocycles. The van der Waals surface area contributed by atoms with Crippen molar-refractivity contribution in [2.75, 3.05) is 31.3 Å². The smallest absolute Gasteiger partial charge is 0.243 e. The van der Waals surface area contributed by atoms with E-state index in [1.165, 1.54) is 7.11 Å². The average Bonchev–Trinajstić information content (AvgIpc) is 3.04. The zero-order chi connectivity index (χ0) is 17.0. The molecule has 1 fully saturated rings. The van der Waals surface area contributed by atoms with Gasteiger partial charge in [0, 0.05) is 13.1 Å². The highest BCUT2D eigenvalue weighted by molar-refractivity contribution is 7.92. The second-order valence-corrected chi connectivity index (χ2v) is 7.79. The van der Waals surface area contributed by atoms with Gasteiger partial charge in [0.1, 0.15) is 12.3 Å². The Hall–Kier alpha value is -1.76. The maximum absolute atomic E-state index is 12.5. The third-order valence-corrected chi connectivity index (χ3v) is 5.43. The molecule has 0 atom stereocenters. The summed E-state index contributed by atoms with van der Waals surface area (Å²) >= 11 is 0. The Morgan fingerprint density at radius 2 is 1.87 bits per heavy atom. The van der Waals surface area contributed by atoms with Gasteiger partial charge in [-0.2, -0.15) is 0 Å². The van der Waals surface area contributed by atoms with Gasteiger partial charge in [0.25, 0.3) is 0 Å². The Bertz CT molecular complexity index is 654. The quantitative estimate of drug-likeness (QED) is 0.793. The molecule has 128 valence electrons. The Kier molecular flexibility index (Phi) is 5.51. The minimum Gasteiger partial charge on any atom is -0.495 e. The van der Waals surface area contributed by atoms with Crippen LogP contribution in [0.5, 0.6) is 5.75 Å². The molecule has 7 heteroatoms. The summed E-state index contributed by atoms with van der Waals surface area (Å²) in [6, 6.07) is 7.01. The van der Waals surface area contributed by atoms with E-state index in [0.717, 1.165) is 36.2 Å². The molecule has 23 heavy (non-hydrogen) atoms. The van der Waals surface area contributed by atoms with Crippen molar-refractivity contribution in [3.63, 3.8) is 0 Å². The Morgan fingerprint density at radius 1 is 1.26 bits per heavy atom. The van der Waals surface area contributed by atoms with E-state index in [9.17, 15) is 13.2 Å². The highest BCUT2D eigenvalue weighted by atomic mass is 32.2. The van der Waals surface area contributed by atoms with Crippen molar-refractivity contribution in [3.05, 3.63) is 24.3 Å². The van der Waals surface area contributed by atoms with Crippen LogP contribution < -0.4 is 9.04 Å². The number of hydrogen-bond donors (Lipinski definition) is 0. The predicted octanol–water partition coefficient (Wildman–Crippen LogP) is 1.86. The molecule has 0 unspecified atom stereocenters. The molecule has 1 aliphatic rings. The first-order valence-electron chi connectivity index (χ1n) is 7.71. The summed E-state index contributed by atoms with van der Waals surface area (Å²) in [4.78, 5) is 14.2. The maximum atomic E-state index is 12.5. The lowest BCUT2D eigenvalue weighted by Crippen LogP contribution is -2.44.